The molecule has 2 amide bonds. The fourth-order valence-corrected chi connectivity index (χ4v) is 4.47. The molecule has 0 unspecified atom stereocenters. The van der Waals surface area contributed by atoms with Crippen LogP contribution in [0.5, 0.6) is 11.5 Å². The van der Waals surface area contributed by atoms with Crippen LogP contribution in [0.2, 0.25) is 0 Å². The van der Waals surface area contributed by atoms with Crippen molar-refractivity contribution in [2.75, 3.05) is 32.7 Å². The van der Waals surface area contributed by atoms with Crippen LogP contribution in [0, 0.1) is 27.8 Å². The minimum absolute atomic E-state index is 0.112. The van der Waals surface area contributed by atoms with Gasteiger partial charge in [-0.1, -0.05) is 11.8 Å². The molecule has 0 aliphatic carbocycles. The summed E-state index contributed by atoms with van der Waals surface area (Å²) in [6.45, 7) is 4.25. The van der Waals surface area contributed by atoms with Crippen molar-refractivity contribution < 1.29 is 18.8 Å². The smallest absolute Gasteiger partial charge is 0.318 e. The molecule has 1 N–H and O–H groups in total. The summed E-state index contributed by atoms with van der Waals surface area (Å²) in [6.07, 6.45) is 8.51. The lowest BCUT2D eigenvalue weighted by Crippen LogP contribution is -2.44. The molecule has 4 rings (SSSR count). The van der Waals surface area contributed by atoms with Crippen molar-refractivity contribution in [3.63, 3.8) is 0 Å². The third-order valence-electron chi connectivity index (χ3n) is 6.29. The fourth-order valence-electron chi connectivity index (χ4n) is 4.47. The number of likely N-dealkylation sites (tertiary alicyclic amines) is 2. The molecule has 1 aromatic heterocycles. The van der Waals surface area contributed by atoms with Gasteiger partial charge < -0.3 is 19.9 Å². The number of hydrogen-bond acceptors (Lipinski definition) is 6. The highest BCUT2D eigenvalue weighted by Gasteiger charge is 2.28. The third kappa shape index (κ3) is 6.45. The highest BCUT2D eigenvalue weighted by atomic mass is 19.1. The molecule has 3 heterocycles. The number of nitro groups is 1. The van der Waals surface area contributed by atoms with Gasteiger partial charge in [0.25, 0.3) is 5.69 Å². The predicted octanol–water partition coefficient (Wildman–Crippen LogP) is 3.93. The highest BCUT2D eigenvalue weighted by Crippen LogP contribution is 2.29. The summed E-state index contributed by atoms with van der Waals surface area (Å²) < 4.78 is 19.8. The number of urea groups is 1. The number of halogens is 1. The van der Waals surface area contributed by atoms with Crippen LogP contribution in [0.15, 0.2) is 36.7 Å². The Morgan fingerprint density at radius 2 is 2.06 bits per heavy atom. The number of nitrogens with one attached hydrogen (secondary N) is 1. The van der Waals surface area contributed by atoms with Gasteiger partial charge in [0.2, 0.25) is 0 Å². The zero-order valence-corrected chi connectivity index (χ0v) is 19.4. The average Bonchev–Trinajstić information content (AvgIpc) is 3.54. The zero-order valence-electron chi connectivity index (χ0n) is 19.4. The minimum Gasteiger partial charge on any atom is -0.453 e. The van der Waals surface area contributed by atoms with Crippen LogP contribution >= 0.6 is 0 Å². The number of carbonyl (C=O) groups is 1. The number of nitro benzene ring substituents is 1. The molecule has 1 aromatic carbocycles. The molecule has 10 heteroatoms. The summed E-state index contributed by atoms with van der Waals surface area (Å²) in [7, 11) is 0. The molecule has 0 bridgehead atoms. The number of benzene rings is 1. The topological polar surface area (TPSA) is 101 Å². The van der Waals surface area contributed by atoms with E-state index in [0.717, 1.165) is 57.6 Å². The number of rotatable bonds is 7. The first-order valence-electron chi connectivity index (χ1n) is 11.8. The maximum atomic E-state index is 14.2. The van der Waals surface area contributed by atoms with Gasteiger partial charge >= 0.3 is 6.03 Å². The number of pyridine rings is 1. The molecule has 0 radical (unpaired) electrons. The van der Waals surface area contributed by atoms with Crippen LogP contribution in [0.25, 0.3) is 0 Å². The van der Waals surface area contributed by atoms with Crippen molar-refractivity contribution in [2.24, 2.45) is 0 Å². The summed E-state index contributed by atoms with van der Waals surface area (Å²) in [5.74, 6) is 5.03. The molecular formula is C25H28FN5O4. The van der Waals surface area contributed by atoms with E-state index in [-0.39, 0.29) is 35.8 Å². The van der Waals surface area contributed by atoms with Gasteiger partial charge in [-0.05, 0) is 51.3 Å². The first-order chi connectivity index (χ1) is 17.0. The van der Waals surface area contributed by atoms with Gasteiger partial charge in [0, 0.05) is 43.7 Å². The van der Waals surface area contributed by atoms with Crippen molar-refractivity contribution in [1.29, 1.82) is 0 Å². The SMILES string of the molecule is O=C(NCC#Cc1cnccc1Oc1ccc([N+](=O)[O-])cc1F)N1CCC[C@H]1CCN1CCCC1. The largest absolute Gasteiger partial charge is 0.453 e. The molecule has 2 aliphatic heterocycles. The molecule has 2 saturated heterocycles. The lowest BCUT2D eigenvalue weighted by Gasteiger charge is -2.26. The lowest BCUT2D eigenvalue weighted by atomic mass is 10.1. The Bertz CT molecular complexity index is 1130. The van der Waals surface area contributed by atoms with E-state index in [1.54, 1.807) is 0 Å². The van der Waals surface area contributed by atoms with Gasteiger partial charge in [0.05, 0.1) is 23.1 Å². The Balaban J connectivity index is 1.32. The molecule has 35 heavy (non-hydrogen) atoms. The third-order valence-corrected chi connectivity index (χ3v) is 6.29. The Labute approximate surface area is 203 Å². The zero-order chi connectivity index (χ0) is 24.6. The van der Waals surface area contributed by atoms with Crippen molar-refractivity contribution in [2.45, 2.75) is 38.1 Å². The van der Waals surface area contributed by atoms with E-state index in [4.69, 9.17) is 4.74 Å². The van der Waals surface area contributed by atoms with E-state index in [1.165, 1.54) is 37.4 Å². The number of non-ortho nitro benzene ring substituents is 1. The van der Waals surface area contributed by atoms with Crippen molar-refractivity contribution in [1.82, 2.24) is 20.1 Å². The quantitative estimate of drug-likeness (QED) is 0.365. The van der Waals surface area contributed by atoms with Gasteiger partial charge in [-0.3, -0.25) is 15.1 Å². The van der Waals surface area contributed by atoms with Crippen molar-refractivity contribution in [3.05, 3.63) is 58.2 Å². The Morgan fingerprint density at radius 3 is 2.83 bits per heavy atom. The van der Waals surface area contributed by atoms with E-state index in [2.05, 4.69) is 27.0 Å². The molecule has 2 aliphatic rings. The summed E-state index contributed by atoms with van der Waals surface area (Å²) in [4.78, 5) is 31.2. The van der Waals surface area contributed by atoms with E-state index in [0.29, 0.717) is 5.56 Å². The molecule has 9 nitrogen and oxygen atoms in total. The fraction of sp³-hybridized carbons (Fsp3) is 0.440. The maximum Gasteiger partial charge on any atom is 0.318 e. The molecule has 0 spiro atoms. The predicted molar refractivity (Wildman–Crippen MR) is 128 cm³/mol. The lowest BCUT2D eigenvalue weighted by molar-refractivity contribution is -0.385. The van der Waals surface area contributed by atoms with Crippen LogP contribution < -0.4 is 10.1 Å². The van der Waals surface area contributed by atoms with Crippen LogP contribution in [-0.2, 0) is 0 Å². The Kier molecular flexibility index (Phi) is 8.11. The molecule has 184 valence electrons. The van der Waals surface area contributed by atoms with E-state index < -0.39 is 10.7 Å². The number of ether oxygens (including phenoxy) is 1. The van der Waals surface area contributed by atoms with Gasteiger partial charge in [-0.2, -0.15) is 0 Å². The number of amides is 2. The Morgan fingerprint density at radius 1 is 1.23 bits per heavy atom. The van der Waals surface area contributed by atoms with E-state index >= 15 is 0 Å². The number of carbonyl (C=O) groups excluding carboxylic acids is 1. The standard InChI is InChI=1S/C25H28FN5O4/c26-22-17-21(31(33)34)7-8-24(22)35-23-9-12-27-18-19(23)5-3-11-28-25(32)30-15-4-6-20(30)10-16-29-13-1-2-14-29/h7-9,12,17-18,20H,1-2,4,6,10-11,13-16H2,(H,28,32)/t20-/m0/s1. The summed E-state index contributed by atoms with van der Waals surface area (Å²) >= 11 is 0. The van der Waals surface area contributed by atoms with Crippen LogP contribution in [0.1, 0.15) is 37.7 Å². The molecule has 0 saturated carbocycles. The highest BCUT2D eigenvalue weighted by molar-refractivity contribution is 5.75. The van der Waals surface area contributed by atoms with Gasteiger partial charge in [-0.25, -0.2) is 9.18 Å². The summed E-state index contributed by atoms with van der Waals surface area (Å²) in [6, 6.07) is 4.84. The van der Waals surface area contributed by atoms with Gasteiger partial charge in [0.1, 0.15) is 5.75 Å². The monoisotopic (exact) mass is 481 g/mol. The van der Waals surface area contributed by atoms with Crippen molar-refractivity contribution >= 4 is 11.7 Å². The van der Waals surface area contributed by atoms with Gasteiger partial charge in [-0.15, -0.1) is 0 Å². The second kappa shape index (κ2) is 11.6. The first-order valence-corrected chi connectivity index (χ1v) is 11.8. The molecule has 2 aromatic rings. The Hall–Kier alpha value is -3.71. The second-order valence-electron chi connectivity index (χ2n) is 8.63. The number of nitrogens with zero attached hydrogens (tertiary/aromatic N) is 4. The number of aromatic nitrogens is 1. The van der Waals surface area contributed by atoms with E-state index in [9.17, 15) is 19.3 Å². The van der Waals surface area contributed by atoms with Gasteiger partial charge in [0.15, 0.2) is 11.6 Å². The van der Waals surface area contributed by atoms with E-state index in [1.807, 2.05) is 4.90 Å². The average molecular weight is 482 g/mol. The second-order valence-corrected chi connectivity index (χ2v) is 8.63. The minimum atomic E-state index is -0.855. The maximum absolute atomic E-state index is 14.2. The van der Waals surface area contributed by atoms with Crippen LogP contribution in [0.4, 0.5) is 14.9 Å². The molecule has 2 fully saturated rings. The number of hydrogen-bond donors (Lipinski definition) is 1. The van der Waals surface area contributed by atoms with Crippen molar-refractivity contribution in [3.8, 4) is 23.3 Å². The summed E-state index contributed by atoms with van der Waals surface area (Å²) in [5, 5.41) is 13.7. The molecule has 1 atom stereocenters. The molecular weight excluding hydrogens is 453 g/mol. The normalized spacial score (nSPS) is 17.6. The van der Waals surface area contributed by atoms with Crippen LogP contribution in [-0.4, -0.2) is 64.5 Å². The van der Waals surface area contributed by atoms with Crippen LogP contribution in [0.3, 0.4) is 0 Å². The first kappa shape index (κ1) is 24.4. The summed E-state index contributed by atoms with van der Waals surface area (Å²) in [5.41, 5.74) is 0.0424.